The van der Waals surface area contributed by atoms with Crippen LogP contribution in [0.4, 0.5) is 0 Å². The Labute approximate surface area is 143 Å². The average Bonchev–Trinajstić information content (AvgIpc) is 2.91. The molecule has 0 fully saturated rings. The number of carbonyl (C=O) groups excluding carboxylic acids is 1. The summed E-state index contributed by atoms with van der Waals surface area (Å²) in [5.74, 6) is 0.195. The first-order valence-corrected chi connectivity index (χ1v) is 8.53. The summed E-state index contributed by atoms with van der Waals surface area (Å²) in [5.41, 5.74) is 3.41. The van der Waals surface area contributed by atoms with Gasteiger partial charge in [-0.05, 0) is 39.1 Å². The van der Waals surface area contributed by atoms with Crippen molar-refractivity contribution < 1.29 is 4.79 Å². The van der Waals surface area contributed by atoms with Crippen LogP contribution in [0.2, 0.25) is 0 Å². The van der Waals surface area contributed by atoms with Gasteiger partial charge in [0.15, 0.2) is 0 Å². The lowest BCUT2D eigenvalue weighted by molar-refractivity contribution is -0.133. The van der Waals surface area contributed by atoms with E-state index in [1.807, 2.05) is 21.8 Å². The molecule has 0 N–H and O–H groups in total. The van der Waals surface area contributed by atoms with Gasteiger partial charge in [-0.25, -0.2) is 0 Å². The molecule has 5 heteroatoms. The number of likely N-dealkylation sites (N-methyl/N-ethyl adjacent to an activating group) is 1. The van der Waals surface area contributed by atoms with E-state index in [0.29, 0.717) is 13.0 Å². The zero-order valence-corrected chi connectivity index (χ0v) is 14.8. The van der Waals surface area contributed by atoms with E-state index in [9.17, 15) is 4.79 Å². The molecule has 128 valence electrons. The minimum Gasteiger partial charge on any atom is -0.332 e. The molecule has 0 saturated heterocycles. The average molecular weight is 326 g/mol. The summed E-state index contributed by atoms with van der Waals surface area (Å²) in [7, 11) is 4.12. The lowest BCUT2D eigenvalue weighted by Gasteiger charge is -2.32. The minimum atomic E-state index is 0.195. The number of carbonyl (C=O) groups is 1. The molecule has 24 heavy (non-hydrogen) atoms. The Bertz CT molecular complexity index is 690. The van der Waals surface area contributed by atoms with Crippen LogP contribution < -0.4 is 0 Å². The van der Waals surface area contributed by atoms with Crippen molar-refractivity contribution >= 4 is 5.91 Å². The predicted octanol–water partition coefficient (Wildman–Crippen LogP) is 2.10. The van der Waals surface area contributed by atoms with Crippen LogP contribution in [0.3, 0.4) is 0 Å². The molecule has 5 nitrogen and oxygen atoms in total. The highest BCUT2D eigenvalue weighted by atomic mass is 16.2. The number of hydrogen-bond donors (Lipinski definition) is 0. The van der Waals surface area contributed by atoms with E-state index in [1.165, 1.54) is 5.56 Å². The molecule has 0 spiro atoms. The second-order valence-corrected chi connectivity index (χ2v) is 6.93. The zero-order chi connectivity index (χ0) is 17.1. The molecule has 1 atom stereocenters. The summed E-state index contributed by atoms with van der Waals surface area (Å²) >= 11 is 0. The van der Waals surface area contributed by atoms with E-state index in [0.717, 1.165) is 30.8 Å². The Balaban J connectivity index is 1.79. The molecule has 0 saturated carbocycles. The molecule has 2 aromatic rings. The van der Waals surface area contributed by atoms with Gasteiger partial charge in [0.25, 0.3) is 0 Å². The van der Waals surface area contributed by atoms with Crippen molar-refractivity contribution in [2.75, 3.05) is 20.6 Å². The van der Waals surface area contributed by atoms with Gasteiger partial charge in [-0.3, -0.25) is 9.48 Å². The lowest BCUT2D eigenvalue weighted by atomic mass is 10.1. The van der Waals surface area contributed by atoms with E-state index in [1.54, 1.807) is 0 Å². The number of aryl methyl sites for hydroxylation is 2. The standard InChI is InChI=1S/C19H26N4O/c1-15-4-6-16(7-5-15)12-19(24)22-14-18-8-10-20-23(18)11-9-17(22)13-21(2)3/h4-8,10,17H,9,11-14H2,1-3H3/t17-/m1/s1. The largest absolute Gasteiger partial charge is 0.332 e. The van der Waals surface area contributed by atoms with Crippen molar-refractivity contribution in [3.63, 3.8) is 0 Å². The number of rotatable bonds is 4. The third-order valence-electron chi connectivity index (χ3n) is 4.62. The molecule has 0 unspecified atom stereocenters. The van der Waals surface area contributed by atoms with Crippen LogP contribution in [-0.2, 0) is 24.3 Å². The van der Waals surface area contributed by atoms with Crippen molar-refractivity contribution in [3.05, 3.63) is 53.3 Å². The minimum absolute atomic E-state index is 0.195. The fourth-order valence-corrected chi connectivity index (χ4v) is 3.31. The van der Waals surface area contributed by atoms with E-state index in [4.69, 9.17) is 0 Å². The number of benzene rings is 1. The molecule has 1 aliphatic rings. The van der Waals surface area contributed by atoms with Crippen molar-refractivity contribution in [1.82, 2.24) is 19.6 Å². The van der Waals surface area contributed by atoms with Gasteiger partial charge >= 0.3 is 0 Å². The van der Waals surface area contributed by atoms with Crippen LogP contribution in [0, 0.1) is 6.92 Å². The molecular formula is C19H26N4O. The second-order valence-electron chi connectivity index (χ2n) is 6.93. The van der Waals surface area contributed by atoms with Crippen molar-refractivity contribution in [1.29, 1.82) is 0 Å². The molecule has 0 radical (unpaired) electrons. The van der Waals surface area contributed by atoms with Crippen molar-refractivity contribution in [3.8, 4) is 0 Å². The Morgan fingerprint density at radius 1 is 1.25 bits per heavy atom. The van der Waals surface area contributed by atoms with Crippen LogP contribution in [-0.4, -0.2) is 52.2 Å². The van der Waals surface area contributed by atoms with Gasteiger partial charge in [0.05, 0.1) is 18.7 Å². The summed E-state index contributed by atoms with van der Waals surface area (Å²) in [6.45, 7) is 4.46. The molecule has 2 heterocycles. The van der Waals surface area contributed by atoms with Crippen molar-refractivity contribution in [2.24, 2.45) is 0 Å². The number of hydrogen-bond acceptors (Lipinski definition) is 3. The molecule has 1 aliphatic heterocycles. The number of aromatic nitrogens is 2. The molecule has 1 aromatic heterocycles. The Hall–Kier alpha value is -2.14. The highest BCUT2D eigenvalue weighted by Gasteiger charge is 2.28. The van der Waals surface area contributed by atoms with Gasteiger partial charge in [0.1, 0.15) is 0 Å². The Kier molecular flexibility index (Phi) is 5.00. The molecule has 3 rings (SSSR count). The highest BCUT2D eigenvalue weighted by molar-refractivity contribution is 5.79. The fraction of sp³-hybridized carbons (Fsp3) is 0.474. The summed E-state index contributed by atoms with van der Waals surface area (Å²) < 4.78 is 2.03. The number of fused-ring (bicyclic) bond motifs is 1. The summed E-state index contributed by atoms with van der Waals surface area (Å²) in [4.78, 5) is 17.2. The van der Waals surface area contributed by atoms with Gasteiger partial charge in [-0.2, -0.15) is 5.10 Å². The molecule has 1 aromatic carbocycles. The maximum absolute atomic E-state index is 13.0. The summed E-state index contributed by atoms with van der Waals surface area (Å²) in [5, 5.41) is 4.38. The smallest absolute Gasteiger partial charge is 0.227 e. The van der Waals surface area contributed by atoms with Gasteiger partial charge in [-0.1, -0.05) is 29.8 Å². The number of amides is 1. The van der Waals surface area contributed by atoms with Gasteiger partial charge in [-0.15, -0.1) is 0 Å². The lowest BCUT2D eigenvalue weighted by Crippen LogP contribution is -2.45. The SMILES string of the molecule is Cc1ccc(CC(=O)N2Cc3ccnn3CC[C@@H]2CN(C)C)cc1. The first kappa shape index (κ1) is 16.7. The van der Waals surface area contributed by atoms with Crippen LogP contribution in [0.1, 0.15) is 23.2 Å². The predicted molar refractivity (Wildman–Crippen MR) is 94.6 cm³/mol. The van der Waals surface area contributed by atoms with E-state index < -0.39 is 0 Å². The molecule has 0 aliphatic carbocycles. The summed E-state index contributed by atoms with van der Waals surface area (Å²) in [6, 6.07) is 10.5. The normalized spacial score (nSPS) is 17.7. The quantitative estimate of drug-likeness (QED) is 0.864. The van der Waals surface area contributed by atoms with E-state index >= 15 is 0 Å². The second kappa shape index (κ2) is 7.18. The maximum atomic E-state index is 13.0. The third kappa shape index (κ3) is 3.85. The molecule has 0 bridgehead atoms. The zero-order valence-electron chi connectivity index (χ0n) is 14.8. The Morgan fingerprint density at radius 2 is 2.00 bits per heavy atom. The third-order valence-corrected chi connectivity index (χ3v) is 4.62. The van der Waals surface area contributed by atoms with E-state index in [-0.39, 0.29) is 11.9 Å². The van der Waals surface area contributed by atoms with Gasteiger partial charge in [0, 0.05) is 25.3 Å². The Morgan fingerprint density at radius 3 is 2.71 bits per heavy atom. The van der Waals surface area contributed by atoms with Crippen molar-refractivity contribution in [2.45, 2.75) is 38.9 Å². The molecule has 1 amide bonds. The first-order valence-electron chi connectivity index (χ1n) is 8.53. The summed E-state index contributed by atoms with van der Waals surface area (Å²) in [6.07, 6.45) is 3.22. The highest BCUT2D eigenvalue weighted by Crippen LogP contribution is 2.19. The van der Waals surface area contributed by atoms with Gasteiger partial charge in [0.2, 0.25) is 5.91 Å². The van der Waals surface area contributed by atoms with Gasteiger partial charge < -0.3 is 9.80 Å². The maximum Gasteiger partial charge on any atom is 0.227 e. The number of nitrogens with zero attached hydrogens (tertiary/aromatic N) is 4. The van der Waals surface area contributed by atoms with Crippen LogP contribution >= 0.6 is 0 Å². The van der Waals surface area contributed by atoms with Crippen LogP contribution in [0.25, 0.3) is 0 Å². The topological polar surface area (TPSA) is 41.4 Å². The molecular weight excluding hydrogens is 300 g/mol. The van der Waals surface area contributed by atoms with Crippen LogP contribution in [0.5, 0.6) is 0 Å². The first-order chi connectivity index (χ1) is 11.5. The monoisotopic (exact) mass is 326 g/mol. The van der Waals surface area contributed by atoms with Crippen LogP contribution in [0.15, 0.2) is 36.5 Å². The van der Waals surface area contributed by atoms with E-state index in [2.05, 4.69) is 55.3 Å². The fourth-order valence-electron chi connectivity index (χ4n) is 3.31.